The van der Waals surface area contributed by atoms with Crippen molar-refractivity contribution in [3.05, 3.63) is 47.5 Å². The smallest absolute Gasteiger partial charge is 0.475 e. The van der Waals surface area contributed by atoms with Gasteiger partial charge in [-0.25, -0.2) is 4.79 Å². The number of nitrogens with one attached hydrogen (secondary N) is 3. The highest BCUT2D eigenvalue weighted by Gasteiger charge is 2.47. The quantitative estimate of drug-likeness (QED) is 0.201. The number of fused-ring (bicyclic) bond motifs is 3. The number of halogens is 6. The van der Waals surface area contributed by atoms with Crippen molar-refractivity contribution in [3.8, 4) is 6.07 Å². The molecule has 0 bridgehead atoms. The fraction of sp³-hybridized carbons (Fsp3) is 0.484. The monoisotopic (exact) mass is 671 g/mol. The van der Waals surface area contributed by atoms with Gasteiger partial charge < -0.3 is 25.1 Å². The van der Waals surface area contributed by atoms with E-state index in [1.807, 2.05) is 38.9 Å². The first-order valence-electron chi connectivity index (χ1n) is 14.5. The SMILES string of the molecule is CC(C)CC(NC(c1ccc2c(c1)oc1ccc(C(=O)NCCN(C)C)cc12)C(F)(F)F)C(=O)NC1(C#N)CC1.O=C(O)C(F)(F)F. The summed E-state index contributed by atoms with van der Waals surface area (Å²) in [6, 6.07) is 7.86. The van der Waals surface area contributed by atoms with Gasteiger partial charge in [-0.05, 0) is 69.1 Å². The number of carbonyl (C=O) groups excluding carboxylic acids is 2. The summed E-state index contributed by atoms with van der Waals surface area (Å²) >= 11 is 0. The van der Waals surface area contributed by atoms with E-state index in [-0.39, 0.29) is 29.4 Å². The molecule has 1 saturated carbocycles. The summed E-state index contributed by atoms with van der Waals surface area (Å²) in [6.45, 7) is 4.79. The lowest BCUT2D eigenvalue weighted by Crippen LogP contribution is -2.52. The summed E-state index contributed by atoms with van der Waals surface area (Å²) in [5.41, 5.74) is -0.00140. The van der Waals surface area contributed by atoms with E-state index in [4.69, 9.17) is 14.3 Å². The largest absolute Gasteiger partial charge is 0.490 e. The zero-order valence-corrected chi connectivity index (χ0v) is 26.0. The lowest BCUT2D eigenvalue weighted by Gasteiger charge is -2.29. The molecule has 3 aromatic rings. The number of benzene rings is 2. The Balaban J connectivity index is 0.000000771. The van der Waals surface area contributed by atoms with Crippen LogP contribution in [-0.4, -0.2) is 78.9 Å². The van der Waals surface area contributed by atoms with Gasteiger partial charge in [0.25, 0.3) is 5.91 Å². The number of furan rings is 1. The number of hydrogen-bond acceptors (Lipinski definition) is 7. The van der Waals surface area contributed by atoms with Gasteiger partial charge in [0.2, 0.25) is 5.91 Å². The third kappa shape index (κ3) is 10.1. The Kier molecular flexibility index (Phi) is 11.5. The average Bonchev–Trinajstić information content (AvgIpc) is 3.64. The number of likely N-dealkylation sites (N-methyl/N-ethyl adjacent to an activating group) is 1. The lowest BCUT2D eigenvalue weighted by atomic mass is 9.98. The number of nitrogens with zero attached hydrogens (tertiary/aromatic N) is 2. The number of hydrogen-bond donors (Lipinski definition) is 4. The van der Waals surface area contributed by atoms with Crippen LogP contribution in [0.2, 0.25) is 0 Å². The van der Waals surface area contributed by atoms with Crippen LogP contribution in [-0.2, 0) is 9.59 Å². The number of carboxylic acid groups (broad SMARTS) is 1. The minimum atomic E-state index is -5.08. The van der Waals surface area contributed by atoms with Crippen molar-refractivity contribution >= 4 is 39.7 Å². The Labute approximate surface area is 266 Å². The molecule has 4 rings (SSSR count). The Bertz CT molecular complexity index is 1640. The molecule has 0 aliphatic heterocycles. The molecule has 1 aliphatic rings. The van der Waals surface area contributed by atoms with Crippen LogP contribution in [0.5, 0.6) is 0 Å². The van der Waals surface area contributed by atoms with Crippen molar-refractivity contribution in [3.63, 3.8) is 0 Å². The summed E-state index contributed by atoms with van der Waals surface area (Å²) in [5, 5.41) is 25.6. The van der Waals surface area contributed by atoms with Crippen LogP contribution < -0.4 is 16.0 Å². The maximum atomic E-state index is 14.4. The molecule has 0 saturated heterocycles. The van der Waals surface area contributed by atoms with E-state index in [1.165, 1.54) is 18.2 Å². The van der Waals surface area contributed by atoms with Crippen LogP contribution in [0.1, 0.15) is 55.1 Å². The topological polar surface area (TPSA) is 148 Å². The van der Waals surface area contributed by atoms with Gasteiger partial charge >= 0.3 is 18.3 Å². The fourth-order valence-corrected chi connectivity index (χ4v) is 4.63. The summed E-state index contributed by atoms with van der Waals surface area (Å²) in [7, 11) is 3.81. The first-order valence-corrected chi connectivity index (χ1v) is 14.5. The average molecular weight is 672 g/mol. The maximum absolute atomic E-state index is 14.4. The highest BCUT2D eigenvalue weighted by atomic mass is 19.4. The van der Waals surface area contributed by atoms with Crippen molar-refractivity contribution < 1.29 is 50.2 Å². The molecule has 1 aliphatic carbocycles. The molecule has 1 heterocycles. The minimum absolute atomic E-state index is 0.0681. The number of amides is 2. The number of rotatable bonds is 11. The van der Waals surface area contributed by atoms with E-state index in [2.05, 4.69) is 16.0 Å². The van der Waals surface area contributed by atoms with Crippen molar-refractivity contribution in [2.45, 2.75) is 63.1 Å². The number of carboxylic acids is 1. The molecule has 0 spiro atoms. The van der Waals surface area contributed by atoms with Crippen molar-refractivity contribution in [1.29, 1.82) is 5.26 Å². The molecule has 2 amide bonds. The van der Waals surface area contributed by atoms with Gasteiger partial charge in [0, 0.05) is 29.4 Å². The molecule has 10 nitrogen and oxygen atoms in total. The van der Waals surface area contributed by atoms with E-state index in [0.717, 1.165) is 0 Å². The van der Waals surface area contributed by atoms with Gasteiger partial charge in [-0.2, -0.15) is 31.6 Å². The van der Waals surface area contributed by atoms with Crippen LogP contribution in [0, 0.1) is 17.2 Å². The van der Waals surface area contributed by atoms with Crippen LogP contribution >= 0.6 is 0 Å². The summed E-state index contributed by atoms with van der Waals surface area (Å²) in [5.74, 6) is -3.70. The number of aliphatic carboxylic acids is 1. The second-order valence-corrected chi connectivity index (χ2v) is 11.9. The van der Waals surface area contributed by atoms with Gasteiger partial charge in [0.1, 0.15) is 22.7 Å². The van der Waals surface area contributed by atoms with Gasteiger partial charge in [0.05, 0.1) is 12.1 Å². The van der Waals surface area contributed by atoms with Gasteiger partial charge in [-0.15, -0.1) is 0 Å². The highest BCUT2D eigenvalue weighted by molar-refractivity contribution is 6.08. The molecular weight excluding hydrogens is 636 g/mol. The van der Waals surface area contributed by atoms with Crippen LogP contribution in [0.15, 0.2) is 40.8 Å². The molecule has 256 valence electrons. The number of carbonyl (C=O) groups is 3. The number of nitriles is 1. The maximum Gasteiger partial charge on any atom is 0.490 e. The molecule has 47 heavy (non-hydrogen) atoms. The van der Waals surface area contributed by atoms with Crippen LogP contribution in [0.4, 0.5) is 26.3 Å². The molecular formula is C31H35F6N5O5. The van der Waals surface area contributed by atoms with E-state index in [0.29, 0.717) is 47.9 Å². The highest BCUT2D eigenvalue weighted by Crippen LogP contribution is 2.38. The van der Waals surface area contributed by atoms with E-state index in [1.54, 1.807) is 18.2 Å². The molecule has 2 atom stereocenters. The summed E-state index contributed by atoms with van der Waals surface area (Å²) in [6.07, 6.45) is -8.67. The van der Waals surface area contributed by atoms with Gasteiger partial charge in [0.15, 0.2) is 0 Å². The number of alkyl halides is 6. The Morgan fingerprint density at radius 2 is 1.66 bits per heavy atom. The normalized spacial score (nSPS) is 15.5. The van der Waals surface area contributed by atoms with E-state index >= 15 is 0 Å². The predicted octanol–water partition coefficient (Wildman–Crippen LogP) is 5.29. The fourth-order valence-electron chi connectivity index (χ4n) is 4.63. The summed E-state index contributed by atoms with van der Waals surface area (Å²) in [4.78, 5) is 36.4. The zero-order valence-electron chi connectivity index (χ0n) is 26.0. The first kappa shape index (κ1) is 37.1. The second kappa shape index (κ2) is 14.6. The second-order valence-electron chi connectivity index (χ2n) is 11.9. The standard InChI is InChI=1S/C29H34F3N5O3.C2HF3O2/c1-17(2)13-22(27(39)36-28(16-33)9-10-28)35-25(29(30,31)32)18-5-7-20-21-14-19(26(38)34-11-12-37(3)4)6-8-23(21)40-24(20)15-18;3-2(4,5)1(6)7/h5-8,14-15,17,22,25,35H,9-13H2,1-4H3,(H,34,38)(H,36,39);(H,6,7). The third-order valence-corrected chi connectivity index (χ3v) is 7.22. The van der Waals surface area contributed by atoms with Gasteiger partial charge in [-0.1, -0.05) is 26.0 Å². The third-order valence-electron chi connectivity index (χ3n) is 7.22. The molecule has 1 fully saturated rings. The van der Waals surface area contributed by atoms with Crippen LogP contribution in [0.3, 0.4) is 0 Å². The minimum Gasteiger partial charge on any atom is -0.475 e. The lowest BCUT2D eigenvalue weighted by molar-refractivity contribution is -0.192. The molecule has 16 heteroatoms. The molecule has 2 unspecified atom stereocenters. The molecule has 4 N–H and O–H groups in total. The Hall–Kier alpha value is -4.36. The molecule has 1 aromatic heterocycles. The molecule has 2 aromatic carbocycles. The Morgan fingerprint density at radius 1 is 1.02 bits per heavy atom. The Morgan fingerprint density at radius 3 is 2.17 bits per heavy atom. The van der Waals surface area contributed by atoms with E-state index < -0.39 is 41.9 Å². The summed E-state index contributed by atoms with van der Waals surface area (Å²) < 4.78 is 80.7. The van der Waals surface area contributed by atoms with Gasteiger partial charge in [-0.3, -0.25) is 14.9 Å². The predicted molar refractivity (Wildman–Crippen MR) is 159 cm³/mol. The molecule has 0 radical (unpaired) electrons. The van der Waals surface area contributed by atoms with Crippen molar-refractivity contribution in [1.82, 2.24) is 20.9 Å². The van der Waals surface area contributed by atoms with Crippen LogP contribution in [0.25, 0.3) is 21.9 Å². The first-order chi connectivity index (χ1) is 21.8. The van der Waals surface area contributed by atoms with Crippen molar-refractivity contribution in [2.75, 3.05) is 27.2 Å². The zero-order chi connectivity index (χ0) is 35.3. The van der Waals surface area contributed by atoms with Crippen molar-refractivity contribution in [2.24, 2.45) is 5.92 Å². The van der Waals surface area contributed by atoms with E-state index in [9.17, 15) is 41.2 Å².